The zero-order valence-corrected chi connectivity index (χ0v) is 17.0. The number of para-hydroxylation sites is 1. The monoisotopic (exact) mass is 408 g/mol. The summed E-state index contributed by atoms with van der Waals surface area (Å²) in [5, 5.41) is 4.49. The highest BCUT2D eigenvalue weighted by Gasteiger charge is 2.26. The molecule has 2 aromatic carbocycles. The van der Waals surface area contributed by atoms with E-state index in [-0.39, 0.29) is 11.8 Å². The van der Waals surface area contributed by atoms with Crippen LogP contribution in [0.4, 0.5) is 5.69 Å². The second-order valence-corrected chi connectivity index (χ2v) is 8.10. The average molecular weight is 409 g/mol. The molecule has 1 saturated heterocycles. The van der Waals surface area contributed by atoms with E-state index in [2.05, 4.69) is 10.2 Å². The Kier molecular flexibility index (Phi) is 6.87. The summed E-state index contributed by atoms with van der Waals surface area (Å²) in [6.07, 6.45) is 3.70. The topological polar surface area (TPSA) is 32.3 Å². The second-order valence-electron chi connectivity index (χ2n) is 6.44. The number of anilines is 1. The third kappa shape index (κ3) is 4.74. The fraction of sp³-hybridized carbons (Fsp3) is 0.350. The van der Waals surface area contributed by atoms with Gasteiger partial charge in [0.15, 0.2) is 0 Å². The summed E-state index contributed by atoms with van der Waals surface area (Å²) in [6, 6.07) is 13.5. The van der Waals surface area contributed by atoms with Crippen molar-refractivity contribution >= 4 is 46.6 Å². The molecule has 0 spiro atoms. The summed E-state index contributed by atoms with van der Waals surface area (Å²) >= 11 is 14.2. The number of piperidine rings is 1. The second kappa shape index (κ2) is 9.14. The summed E-state index contributed by atoms with van der Waals surface area (Å²) in [7, 11) is 0. The maximum absolute atomic E-state index is 12.6. The fourth-order valence-corrected chi connectivity index (χ4v) is 4.31. The first-order valence-corrected chi connectivity index (χ1v) is 10.7. The van der Waals surface area contributed by atoms with Gasteiger partial charge in [-0.15, -0.1) is 11.8 Å². The maximum atomic E-state index is 12.6. The lowest BCUT2D eigenvalue weighted by molar-refractivity contribution is -0.121. The van der Waals surface area contributed by atoms with Crippen molar-refractivity contribution < 1.29 is 4.79 Å². The number of amides is 1. The first-order valence-electron chi connectivity index (χ1n) is 8.67. The summed E-state index contributed by atoms with van der Waals surface area (Å²) in [5.41, 5.74) is 1.86. The van der Waals surface area contributed by atoms with Gasteiger partial charge in [0.05, 0.1) is 5.69 Å². The molecule has 2 aromatic rings. The fourth-order valence-electron chi connectivity index (χ4n) is 3.24. The Morgan fingerprint density at radius 3 is 2.42 bits per heavy atom. The lowest BCUT2D eigenvalue weighted by Gasteiger charge is -2.31. The van der Waals surface area contributed by atoms with Crippen molar-refractivity contribution in [3.63, 3.8) is 0 Å². The van der Waals surface area contributed by atoms with Crippen molar-refractivity contribution in [1.82, 2.24) is 4.90 Å². The van der Waals surface area contributed by atoms with Crippen LogP contribution >= 0.6 is 35.0 Å². The molecule has 26 heavy (non-hydrogen) atoms. The average Bonchev–Trinajstić information content (AvgIpc) is 2.66. The van der Waals surface area contributed by atoms with Crippen LogP contribution in [0.25, 0.3) is 0 Å². The molecule has 0 bridgehead atoms. The van der Waals surface area contributed by atoms with Gasteiger partial charge in [0.1, 0.15) is 0 Å². The molecule has 0 saturated carbocycles. The number of halogens is 2. The normalized spacial score (nSPS) is 15.8. The highest BCUT2D eigenvalue weighted by atomic mass is 35.5. The van der Waals surface area contributed by atoms with Crippen LogP contribution in [-0.4, -0.2) is 30.2 Å². The SMILES string of the molecule is CSc1ccccc1NC(=O)C1CCN(Cc2c(Cl)cccc2Cl)CC1. The Balaban J connectivity index is 1.56. The molecule has 0 radical (unpaired) electrons. The number of nitrogens with zero attached hydrogens (tertiary/aromatic N) is 1. The van der Waals surface area contributed by atoms with Crippen LogP contribution in [0.2, 0.25) is 10.0 Å². The van der Waals surface area contributed by atoms with Crippen molar-refractivity contribution in [2.24, 2.45) is 5.92 Å². The molecule has 0 atom stereocenters. The van der Waals surface area contributed by atoms with Crippen LogP contribution < -0.4 is 5.32 Å². The van der Waals surface area contributed by atoms with E-state index in [1.807, 2.05) is 48.7 Å². The van der Waals surface area contributed by atoms with Gasteiger partial charge in [-0.2, -0.15) is 0 Å². The molecular formula is C20H22Cl2N2OS. The standard InChI is InChI=1S/C20H22Cl2N2OS/c1-26-19-8-3-2-7-18(19)23-20(25)14-9-11-24(12-10-14)13-15-16(21)5-4-6-17(15)22/h2-8,14H,9-13H2,1H3,(H,23,25). The van der Waals surface area contributed by atoms with E-state index in [0.717, 1.165) is 48.6 Å². The first-order chi connectivity index (χ1) is 12.6. The molecule has 3 nitrogen and oxygen atoms in total. The van der Waals surface area contributed by atoms with Crippen LogP contribution in [0.3, 0.4) is 0 Å². The smallest absolute Gasteiger partial charge is 0.227 e. The number of hydrogen-bond acceptors (Lipinski definition) is 3. The third-order valence-corrected chi connectivity index (χ3v) is 6.27. The van der Waals surface area contributed by atoms with Crippen molar-refractivity contribution in [2.45, 2.75) is 24.3 Å². The molecule has 1 N–H and O–H groups in total. The number of nitrogens with one attached hydrogen (secondary N) is 1. The molecule has 1 heterocycles. The summed E-state index contributed by atoms with van der Waals surface area (Å²) < 4.78 is 0. The lowest BCUT2D eigenvalue weighted by atomic mass is 9.95. The minimum absolute atomic E-state index is 0.0443. The number of benzene rings is 2. The Morgan fingerprint density at radius 2 is 1.77 bits per heavy atom. The number of thioether (sulfide) groups is 1. The quantitative estimate of drug-likeness (QED) is 0.656. The lowest BCUT2D eigenvalue weighted by Crippen LogP contribution is -2.37. The van der Waals surface area contributed by atoms with Crippen molar-refractivity contribution in [1.29, 1.82) is 0 Å². The van der Waals surface area contributed by atoms with Gasteiger partial charge in [-0.1, -0.05) is 41.4 Å². The number of carbonyl (C=O) groups excluding carboxylic acids is 1. The van der Waals surface area contributed by atoms with Crippen LogP contribution in [0.5, 0.6) is 0 Å². The van der Waals surface area contributed by atoms with Gasteiger partial charge >= 0.3 is 0 Å². The highest BCUT2D eigenvalue weighted by molar-refractivity contribution is 7.98. The Labute approximate surface area is 169 Å². The van der Waals surface area contributed by atoms with Gasteiger partial charge in [-0.3, -0.25) is 9.69 Å². The number of hydrogen-bond donors (Lipinski definition) is 1. The van der Waals surface area contributed by atoms with Gasteiger partial charge in [0, 0.05) is 33.0 Å². The zero-order chi connectivity index (χ0) is 18.5. The van der Waals surface area contributed by atoms with Gasteiger partial charge in [0.2, 0.25) is 5.91 Å². The molecule has 1 fully saturated rings. The number of rotatable bonds is 5. The van der Waals surface area contributed by atoms with Gasteiger partial charge in [-0.25, -0.2) is 0 Å². The molecular weight excluding hydrogens is 387 g/mol. The van der Waals surface area contributed by atoms with E-state index < -0.39 is 0 Å². The molecule has 0 aromatic heterocycles. The van der Waals surface area contributed by atoms with E-state index in [9.17, 15) is 4.79 Å². The van der Waals surface area contributed by atoms with Crippen LogP contribution in [-0.2, 0) is 11.3 Å². The third-order valence-electron chi connectivity index (χ3n) is 4.77. The first kappa shape index (κ1) is 19.6. The van der Waals surface area contributed by atoms with Crippen LogP contribution in [0, 0.1) is 5.92 Å². The van der Waals surface area contributed by atoms with E-state index >= 15 is 0 Å². The van der Waals surface area contributed by atoms with Crippen molar-refractivity contribution in [3.8, 4) is 0 Å². The largest absolute Gasteiger partial charge is 0.325 e. The van der Waals surface area contributed by atoms with Gasteiger partial charge < -0.3 is 5.32 Å². The van der Waals surface area contributed by atoms with Gasteiger partial charge in [-0.05, 0) is 56.5 Å². The zero-order valence-electron chi connectivity index (χ0n) is 14.7. The minimum Gasteiger partial charge on any atom is -0.325 e. The van der Waals surface area contributed by atoms with E-state index in [1.165, 1.54) is 0 Å². The minimum atomic E-state index is 0.0443. The predicted octanol–water partition coefficient (Wildman–Crippen LogP) is 5.57. The van der Waals surface area contributed by atoms with E-state index in [4.69, 9.17) is 23.2 Å². The summed E-state index contributed by atoms with van der Waals surface area (Å²) in [5.74, 6) is 0.157. The number of likely N-dealkylation sites (tertiary alicyclic amines) is 1. The number of carbonyl (C=O) groups is 1. The summed E-state index contributed by atoms with van der Waals surface area (Å²) in [6.45, 7) is 2.45. The molecule has 1 aliphatic rings. The van der Waals surface area contributed by atoms with Crippen LogP contribution in [0.1, 0.15) is 18.4 Å². The van der Waals surface area contributed by atoms with Crippen molar-refractivity contribution in [2.75, 3.05) is 24.7 Å². The van der Waals surface area contributed by atoms with Gasteiger partial charge in [0.25, 0.3) is 0 Å². The molecule has 6 heteroatoms. The Hall–Kier alpha value is -1.20. The molecule has 138 valence electrons. The highest BCUT2D eigenvalue weighted by Crippen LogP contribution is 2.29. The van der Waals surface area contributed by atoms with Crippen molar-refractivity contribution in [3.05, 3.63) is 58.1 Å². The Morgan fingerprint density at radius 1 is 1.12 bits per heavy atom. The van der Waals surface area contributed by atoms with E-state index in [1.54, 1.807) is 11.8 Å². The summed E-state index contributed by atoms with van der Waals surface area (Å²) in [4.78, 5) is 16.0. The molecule has 1 amide bonds. The molecule has 3 rings (SSSR count). The Bertz CT molecular complexity index is 756. The van der Waals surface area contributed by atoms with Crippen LogP contribution in [0.15, 0.2) is 47.4 Å². The maximum Gasteiger partial charge on any atom is 0.227 e. The van der Waals surface area contributed by atoms with E-state index in [0.29, 0.717) is 10.0 Å². The molecule has 0 aliphatic carbocycles. The molecule has 1 aliphatic heterocycles. The predicted molar refractivity (Wildman–Crippen MR) is 111 cm³/mol. The molecule has 0 unspecified atom stereocenters.